The van der Waals surface area contributed by atoms with Crippen molar-refractivity contribution in [1.82, 2.24) is 5.32 Å². The Hall–Kier alpha value is -1.56. The molecular formula is C12H13F3N2O. The van der Waals surface area contributed by atoms with E-state index >= 15 is 0 Å². The molecule has 2 atom stereocenters. The third-order valence-corrected chi connectivity index (χ3v) is 3.07. The molecule has 2 N–H and O–H groups in total. The van der Waals surface area contributed by atoms with Gasteiger partial charge >= 0.3 is 0 Å². The molecule has 2 rings (SSSR count). The maximum atomic E-state index is 13.3. The summed E-state index contributed by atoms with van der Waals surface area (Å²) in [6.07, 6.45) is 0.826. The van der Waals surface area contributed by atoms with Crippen molar-refractivity contribution >= 4 is 11.6 Å². The van der Waals surface area contributed by atoms with Crippen LogP contribution in [0, 0.1) is 23.4 Å². The average Bonchev–Trinajstić information content (AvgIpc) is 2.69. The lowest BCUT2D eigenvalue weighted by atomic mass is 10.0. The van der Waals surface area contributed by atoms with Gasteiger partial charge in [0.25, 0.3) is 0 Å². The van der Waals surface area contributed by atoms with Gasteiger partial charge in [0.2, 0.25) is 5.91 Å². The zero-order valence-electron chi connectivity index (χ0n) is 9.77. The predicted octanol–water partition coefficient (Wildman–Crippen LogP) is 2.04. The number of hydrogen-bond acceptors (Lipinski definition) is 2. The number of rotatable bonds is 2. The molecule has 2 unspecified atom stereocenters. The summed E-state index contributed by atoms with van der Waals surface area (Å²) < 4.78 is 39.4. The van der Waals surface area contributed by atoms with E-state index in [1.165, 1.54) is 0 Å². The van der Waals surface area contributed by atoms with E-state index in [2.05, 4.69) is 10.6 Å². The van der Waals surface area contributed by atoms with Crippen LogP contribution in [0.1, 0.15) is 13.3 Å². The molecule has 0 saturated carbocycles. The van der Waals surface area contributed by atoms with Crippen molar-refractivity contribution in [3.8, 4) is 0 Å². The molecule has 0 aromatic heterocycles. The van der Waals surface area contributed by atoms with Crippen molar-refractivity contribution in [2.75, 3.05) is 11.9 Å². The standard InChI is InChI=1S/C12H13F3N2O/c1-6-2-3-16-10(6)12(18)17-11-8(14)4-7(13)5-9(11)15/h4-6,10,16H,2-3H2,1H3,(H,17,18). The number of carbonyl (C=O) groups excluding carboxylic acids is 1. The predicted molar refractivity (Wildman–Crippen MR) is 60.5 cm³/mol. The highest BCUT2D eigenvalue weighted by atomic mass is 19.1. The number of carbonyl (C=O) groups is 1. The lowest BCUT2D eigenvalue weighted by Crippen LogP contribution is -2.39. The molecule has 0 spiro atoms. The van der Waals surface area contributed by atoms with Gasteiger partial charge in [-0.25, -0.2) is 13.2 Å². The highest BCUT2D eigenvalue weighted by Crippen LogP contribution is 2.22. The minimum Gasteiger partial charge on any atom is -0.320 e. The van der Waals surface area contributed by atoms with E-state index in [0.29, 0.717) is 18.7 Å². The fourth-order valence-electron chi connectivity index (χ4n) is 2.05. The Morgan fingerprint density at radius 3 is 2.44 bits per heavy atom. The summed E-state index contributed by atoms with van der Waals surface area (Å²) in [5.74, 6) is -3.67. The zero-order chi connectivity index (χ0) is 13.3. The second kappa shape index (κ2) is 4.97. The number of anilines is 1. The molecule has 1 aliphatic heterocycles. The maximum Gasteiger partial charge on any atom is 0.241 e. The van der Waals surface area contributed by atoms with Crippen LogP contribution < -0.4 is 10.6 Å². The van der Waals surface area contributed by atoms with Crippen molar-refractivity contribution in [2.24, 2.45) is 5.92 Å². The Morgan fingerprint density at radius 1 is 1.33 bits per heavy atom. The third kappa shape index (κ3) is 2.48. The van der Waals surface area contributed by atoms with Gasteiger partial charge in [0, 0.05) is 12.1 Å². The molecule has 98 valence electrons. The Balaban J connectivity index is 2.17. The summed E-state index contributed by atoms with van der Waals surface area (Å²) in [7, 11) is 0. The Bertz CT molecular complexity index is 455. The van der Waals surface area contributed by atoms with Gasteiger partial charge in [-0.15, -0.1) is 0 Å². The number of hydrogen-bond donors (Lipinski definition) is 2. The summed E-state index contributed by atoms with van der Waals surface area (Å²) in [5.41, 5.74) is -0.609. The first-order valence-corrected chi connectivity index (χ1v) is 5.68. The van der Waals surface area contributed by atoms with E-state index < -0.39 is 35.1 Å². The van der Waals surface area contributed by atoms with Gasteiger partial charge in [-0.1, -0.05) is 6.92 Å². The molecular weight excluding hydrogens is 245 g/mol. The van der Waals surface area contributed by atoms with Crippen LogP contribution in [0.4, 0.5) is 18.9 Å². The molecule has 1 saturated heterocycles. The quantitative estimate of drug-likeness (QED) is 0.852. The summed E-state index contributed by atoms with van der Waals surface area (Å²) in [6, 6.07) is 0.586. The molecule has 1 heterocycles. The minimum absolute atomic E-state index is 0.0940. The van der Waals surface area contributed by atoms with Crippen LogP contribution in [0.5, 0.6) is 0 Å². The van der Waals surface area contributed by atoms with E-state index in [-0.39, 0.29) is 5.92 Å². The van der Waals surface area contributed by atoms with Crippen molar-refractivity contribution in [1.29, 1.82) is 0 Å². The first-order chi connectivity index (χ1) is 8.49. The summed E-state index contributed by atoms with van der Waals surface area (Å²) >= 11 is 0. The fraction of sp³-hybridized carbons (Fsp3) is 0.417. The summed E-state index contributed by atoms with van der Waals surface area (Å²) in [5, 5.41) is 5.11. The molecule has 0 aliphatic carbocycles. The Morgan fingerprint density at radius 2 is 1.94 bits per heavy atom. The van der Waals surface area contributed by atoms with Gasteiger partial charge in [-0.05, 0) is 18.9 Å². The van der Waals surface area contributed by atoms with E-state index in [9.17, 15) is 18.0 Å². The zero-order valence-corrected chi connectivity index (χ0v) is 9.77. The lowest BCUT2D eigenvalue weighted by molar-refractivity contribution is -0.118. The van der Waals surface area contributed by atoms with E-state index in [4.69, 9.17) is 0 Å². The van der Waals surface area contributed by atoms with Crippen molar-refractivity contribution in [3.63, 3.8) is 0 Å². The largest absolute Gasteiger partial charge is 0.320 e. The molecule has 1 aromatic rings. The van der Waals surface area contributed by atoms with Crippen LogP contribution >= 0.6 is 0 Å². The van der Waals surface area contributed by atoms with Crippen molar-refractivity contribution in [3.05, 3.63) is 29.6 Å². The van der Waals surface area contributed by atoms with E-state index in [1.807, 2.05) is 6.92 Å². The lowest BCUT2D eigenvalue weighted by Gasteiger charge is -2.16. The van der Waals surface area contributed by atoms with Crippen LogP contribution in [-0.4, -0.2) is 18.5 Å². The molecule has 0 radical (unpaired) electrons. The summed E-state index contributed by atoms with van der Waals surface area (Å²) in [6.45, 7) is 2.56. The highest BCUT2D eigenvalue weighted by Gasteiger charge is 2.30. The SMILES string of the molecule is CC1CCNC1C(=O)Nc1c(F)cc(F)cc1F. The smallest absolute Gasteiger partial charge is 0.241 e. The van der Waals surface area contributed by atoms with Gasteiger partial charge in [-0.3, -0.25) is 4.79 Å². The Kier molecular flexibility index (Phi) is 3.56. The monoisotopic (exact) mass is 258 g/mol. The molecule has 6 heteroatoms. The normalized spacial score (nSPS) is 23.1. The molecule has 1 fully saturated rings. The van der Waals surface area contributed by atoms with Gasteiger partial charge < -0.3 is 10.6 Å². The highest BCUT2D eigenvalue weighted by molar-refractivity contribution is 5.95. The number of halogens is 3. The van der Waals surface area contributed by atoms with E-state index in [0.717, 1.165) is 6.42 Å². The number of benzene rings is 1. The molecule has 1 amide bonds. The average molecular weight is 258 g/mol. The van der Waals surface area contributed by atoms with Gasteiger partial charge in [0.15, 0.2) is 11.6 Å². The maximum absolute atomic E-state index is 13.3. The third-order valence-electron chi connectivity index (χ3n) is 3.07. The van der Waals surface area contributed by atoms with Crippen LogP contribution in [0.15, 0.2) is 12.1 Å². The van der Waals surface area contributed by atoms with Gasteiger partial charge in [0.05, 0.1) is 6.04 Å². The first kappa shape index (κ1) is 12.9. The van der Waals surface area contributed by atoms with Crippen LogP contribution in [0.2, 0.25) is 0 Å². The minimum atomic E-state index is -1.12. The van der Waals surface area contributed by atoms with Crippen LogP contribution in [0.25, 0.3) is 0 Å². The topological polar surface area (TPSA) is 41.1 Å². The second-order valence-corrected chi connectivity index (χ2v) is 4.43. The van der Waals surface area contributed by atoms with Crippen molar-refractivity contribution < 1.29 is 18.0 Å². The second-order valence-electron chi connectivity index (χ2n) is 4.43. The molecule has 0 bridgehead atoms. The first-order valence-electron chi connectivity index (χ1n) is 5.68. The Labute approximate surface area is 102 Å². The van der Waals surface area contributed by atoms with Crippen LogP contribution in [0.3, 0.4) is 0 Å². The van der Waals surface area contributed by atoms with Gasteiger partial charge in [0.1, 0.15) is 11.5 Å². The number of nitrogens with one attached hydrogen (secondary N) is 2. The van der Waals surface area contributed by atoms with E-state index in [1.54, 1.807) is 0 Å². The van der Waals surface area contributed by atoms with Gasteiger partial charge in [-0.2, -0.15) is 0 Å². The fourth-order valence-corrected chi connectivity index (χ4v) is 2.05. The van der Waals surface area contributed by atoms with Crippen LogP contribution in [-0.2, 0) is 4.79 Å². The molecule has 3 nitrogen and oxygen atoms in total. The summed E-state index contributed by atoms with van der Waals surface area (Å²) in [4.78, 5) is 11.8. The number of amides is 1. The molecule has 18 heavy (non-hydrogen) atoms. The molecule has 1 aromatic carbocycles. The van der Waals surface area contributed by atoms with Crippen molar-refractivity contribution in [2.45, 2.75) is 19.4 Å². The molecule has 1 aliphatic rings.